The number of aromatic nitrogens is 2. The molecule has 6 heteroatoms. The summed E-state index contributed by atoms with van der Waals surface area (Å²) in [6.07, 6.45) is 1.94. The maximum absolute atomic E-state index is 12.8. The fourth-order valence-electron chi connectivity index (χ4n) is 1.76. The summed E-state index contributed by atoms with van der Waals surface area (Å²) in [6, 6.07) is 6.07. The number of hydrogen-bond acceptors (Lipinski definition) is 3. The lowest BCUT2D eigenvalue weighted by molar-refractivity contribution is -0.136. The first-order valence-electron chi connectivity index (χ1n) is 5.82. The molecule has 1 heterocycles. The zero-order chi connectivity index (χ0) is 13.8. The number of nitrogens with two attached hydrogens (primary N) is 1. The van der Waals surface area contributed by atoms with Gasteiger partial charge in [-0.15, -0.1) is 0 Å². The van der Waals surface area contributed by atoms with E-state index in [1.807, 2.05) is 0 Å². The van der Waals surface area contributed by atoms with E-state index in [1.165, 1.54) is 12.1 Å². The fourth-order valence-corrected chi connectivity index (χ4v) is 1.76. The smallest absolute Gasteiger partial charge is 0.303 e. The lowest BCUT2D eigenvalue weighted by atomic mass is 10.2. The molecule has 1 aromatic heterocycles. The molecular formula is C13H14FN3O2. The van der Waals surface area contributed by atoms with Crippen LogP contribution in [0.25, 0.3) is 0 Å². The third-order valence-electron chi connectivity index (χ3n) is 2.81. The number of carboxylic acids is 1. The minimum Gasteiger partial charge on any atom is -0.481 e. The minimum atomic E-state index is -0.870. The van der Waals surface area contributed by atoms with Gasteiger partial charge in [-0.3, -0.25) is 4.79 Å². The standard InChI is InChI=1S/C13H14FN3O2/c14-11-4-1-9(2-5-11)8-17-13(15)10(7-16-17)3-6-12(18)19/h1-2,4-5,7H,3,6,8,15H2,(H,18,19). The van der Waals surface area contributed by atoms with Gasteiger partial charge in [-0.2, -0.15) is 5.10 Å². The first kappa shape index (κ1) is 13.1. The third-order valence-corrected chi connectivity index (χ3v) is 2.81. The van der Waals surface area contributed by atoms with Crippen molar-refractivity contribution in [2.24, 2.45) is 0 Å². The van der Waals surface area contributed by atoms with Crippen LogP contribution in [0.15, 0.2) is 30.5 Å². The Kier molecular flexibility index (Phi) is 3.79. The Hall–Kier alpha value is -2.37. The normalized spacial score (nSPS) is 10.6. The number of aryl methyl sites for hydroxylation is 1. The molecule has 0 amide bonds. The van der Waals surface area contributed by atoms with E-state index in [4.69, 9.17) is 10.8 Å². The molecule has 3 N–H and O–H groups in total. The van der Waals surface area contributed by atoms with Gasteiger partial charge in [0.2, 0.25) is 0 Å². The topological polar surface area (TPSA) is 81.1 Å². The first-order valence-corrected chi connectivity index (χ1v) is 5.82. The molecule has 0 aliphatic rings. The molecule has 1 aromatic carbocycles. The van der Waals surface area contributed by atoms with E-state index < -0.39 is 5.97 Å². The highest BCUT2D eigenvalue weighted by molar-refractivity contribution is 5.67. The second-order valence-corrected chi connectivity index (χ2v) is 4.23. The quantitative estimate of drug-likeness (QED) is 0.859. The predicted molar refractivity (Wildman–Crippen MR) is 68.1 cm³/mol. The molecule has 0 unspecified atom stereocenters. The van der Waals surface area contributed by atoms with Crippen LogP contribution in [0.1, 0.15) is 17.5 Å². The van der Waals surface area contributed by atoms with Gasteiger partial charge in [-0.05, 0) is 24.1 Å². The summed E-state index contributed by atoms with van der Waals surface area (Å²) in [6.45, 7) is 0.430. The summed E-state index contributed by atoms with van der Waals surface area (Å²) in [7, 11) is 0. The Morgan fingerprint density at radius 2 is 2.05 bits per heavy atom. The zero-order valence-electron chi connectivity index (χ0n) is 10.2. The summed E-state index contributed by atoms with van der Waals surface area (Å²) < 4.78 is 14.4. The molecular weight excluding hydrogens is 249 g/mol. The van der Waals surface area contributed by atoms with E-state index in [0.29, 0.717) is 24.3 Å². The van der Waals surface area contributed by atoms with Crippen molar-refractivity contribution in [1.82, 2.24) is 9.78 Å². The highest BCUT2D eigenvalue weighted by atomic mass is 19.1. The van der Waals surface area contributed by atoms with E-state index in [1.54, 1.807) is 23.0 Å². The molecule has 0 atom stereocenters. The molecule has 0 saturated carbocycles. The van der Waals surface area contributed by atoms with Gasteiger partial charge in [0.1, 0.15) is 11.6 Å². The van der Waals surface area contributed by atoms with E-state index in [-0.39, 0.29) is 12.2 Å². The second kappa shape index (κ2) is 5.51. The van der Waals surface area contributed by atoms with Gasteiger partial charge in [0.25, 0.3) is 0 Å². The van der Waals surface area contributed by atoms with Crippen molar-refractivity contribution < 1.29 is 14.3 Å². The summed E-state index contributed by atoms with van der Waals surface area (Å²) >= 11 is 0. The van der Waals surface area contributed by atoms with Crippen molar-refractivity contribution in [2.45, 2.75) is 19.4 Å². The SMILES string of the molecule is Nc1c(CCC(=O)O)cnn1Cc1ccc(F)cc1. The van der Waals surface area contributed by atoms with Crippen LogP contribution in [0, 0.1) is 5.82 Å². The lowest BCUT2D eigenvalue weighted by Crippen LogP contribution is -2.07. The van der Waals surface area contributed by atoms with Crippen LogP contribution in [0.5, 0.6) is 0 Å². The predicted octanol–water partition coefficient (Wildman–Crippen LogP) is 1.67. The Morgan fingerprint density at radius 1 is 1.37 bits per heavy atom. The van der Waals surface area contributed by atoms with Crippen LogP contribution >= 0.6 is 0 Å². The number of halogens is 1. The van der Waals surface area contributed by atoms with Crippen LogP contribution < -0.4 is 5.73 Å². The number of rotatable bonds is 5. The second-order valence-electron chi connectivity index (χ2n) is 4.23. The van der Waals surface area contributed by atoms with Crippen molar-refractivity contribution in [2.75, 3.05) is 5.73 Å². The molecule has 5 nitrogen and oxygen atoms in total. The van der Waals surface area contributed by atoms with Crippen LogP contribution in [0.4, 0.5) is 10.2 Å². The number of carboxylic acid groups (broad SMARTS) is 1. The average Bonchev–Trinajstić information content (AvgIpc) is 2.71. The van der Waals surface area contributed by atoms with Gasteiger partial charge in [0.05, 0.1) is 12.7 Å². The molecule has 0 saturated heterocycles. The summed E-state index contributed by atoms with van der Waals surface area (Å²) in [5.41, 5.74) is 7.49. The highest BCUT2D eigenvalue weighted by Crippen LogP contribution is 2.15. The molecule has 2 rings (SSSR count). The molecule has 19 heavy (non-hydrogen) atoms. The Morgan fingerprint density at radius 3 is 2.68 bits per heavy atom. The molecule has 0 spiro atoms. The Bertz CT molecular complexity index is 578. The average molecular weight is 263 g/mol. The van der Waals surface area contributed by atoms with Crippen LogP contribution in [-0.4, -0.2) is 20.9 Å². The van der Waals surface area contributed by atoms with Gasteiger partial charge in [-0.1, -0.05) is 12.1 Å². The number of anilines is 1. The van der Waals surface area contributed by atoms with E-state index in [2.05, 4.69) is 5.10 Å². The van der Waals surface area contributed by atoms with Crippen LogP contribution in [0.3, 0.4) is 0 Å². The van der Waals surface area contributed by atoms with Gasteiger partial charge in [0, 0.05) is 12.0 Å². The van der Waals surface area contributed by atoms with Crippen molar-refractivity contribution in [3.8, 4) is 0 Å². The lowest BCUT2D eigenvalue weighted by Gasteiger charge is -2.05. The Balaban J connectivity index is 2.09. The fraction of sp³-hybridized carbons (Fsp3) is 0.231. The zero-order valence-corrected chi connectivity index (χ0v) is 10.2. The largest absolute Gasteiger partial charge is 0.481 e. The van der Waals surface area contributed by atoms with E-state index in [9.17, 15) is 9.18 Å². The number of hydrogen-bond donors (Lipinski definition) is 2. The molecule has 0 bridgehead atoms. The van der Waals surface area contributed by atoms with Crippen molar-refractivity contribution in [3.63, 3.8) is 0 Å². The van der Waals surface area contributed by atoms with Gasteiger partial charge in [-0.25, -0.2) is 9.07 Å². The Labute approximate surface area is 109 Å². The highest BCUT2D eigenvalue weighted by Gasteiger charge is 2.09. The number of nitrogens with zero attached hydrogens (tertiary/aromatic N) is 2. The van der Waals surface area contributed by atoms with Crippen molar-refractivity contribution in [1.29, 1.82) is 0 Å². The van der Waals surface area contributed by atoms with Crippen molar-refractivity contribution >= 4 is 11.8 Å². The van der Waals surface area contributed by atoms with Crippen LogP contribution in [-0.2, 0) is 17.8 Å². The number of benzene rings is 1. The van der Waals surface area contributed by atoms with Crippen LogP contribution in [0.2, 0.25) is 0 Å². The summed E-state index contributed by atoms with van der Waals surface area (Å²) in [4.78, 5) is 10.5. The molecule has 2 aromatic rings. The molecule has 0 fully saturated rings. The van der Waals surface area contributed by atoms with E-state index in [0.717, 1.165) is 5.56 Å². The minimum absolute atomic E-state index is 0.0203. The van der Waals surface area contributed by atoms with Crippen molar-refractivity contribution in [3.05, 3.63) is 47.4 Å². The summed E-state index contributed by atoms with van der Waals surface area (Å²) in [5, 5.41) is 12.7. The third kappa shape index (κ3) is 3.31. The van der Waals surface area contributed by atoms with Gasteiger partial charge in [0.15, 0.2) is 0 Å². The molecule has 0 aliphatic heterocycles. The maximum atomic E-state index is 12.8. The number of aliphatic carboxylic acids is 1. The van der Waals surface area contributed by atoms with Gasteiger partial charge < -0.3 is 10.8 Å². The van der Waals surface area contributed by atoms with Gasteiger partial charge >= 0.3 is 5.97 Å². The molecule has 100 valence electrons. The maximum Gasteiger partial charge on any atom is 0.303 e. The summed E-state index contributed by atoms with van der Waals surface area (Å²) in [5.74, 6) is -0.712. The molecule has 0 aliphatic carbocycles. The van der Waals surface area contributed by atoms with E-state index >= 15 is 0 Å². The molecule has 0 radical (unpaired) electrons. The monoisotopic (exact) mass is 263 g/mol. The number of nitrogen functional groups attached to an aromatic ring is 1. The first-order chi connectivity index (χ1) is 9.06. The number of carbonyl (C=O) groups is 1.